The van der Waals surface area contributed by atoms with Gasteiger partial charge in [0.1, 0.15) is 11.6 Å². The Morgan fingerprint density at radius 3 is 2.82 bits per heavy atom. The zero-order chi connectivity index (χ0) is 15.4. The summed E-state index contributed by atoms with van der Waals surface area (Å²) < 4.78 is 10.8. The predicted octanol–water partition coefficient (Wildman–Crippen LogP) is 1.48. The van der Waals surface area contributed by atoms with Crippen LogP contribution in [0, 0.1) is 9.81 Å². The smallest absolute Gasteiger partial charge is 0.360 e. The first-order valence-electron chi connectivity index (χ1n) is 6.03. The molecule has 11 nitrogen and oxygen atoms in total. The quantitative estimate of drug-likeness (QED) is 0.490. The van der Waals surface area contributed by atoms with Gasteiger partial charge in [-0.15, -0.1) is 10.2 Å². The van der Waals surface area contributed by atoms with Crippen molar-refractivity contribution in [3.05, 3.63) is 39.9 Å². The number of oxazole rings is 1. The molecule has 0 saturated heterocycles. The first-order valence-corrected chi connectivity index (χ1v) is 7.34. The fourth-order valence-electron chi connectivity index (χ4n) is 1.80. The number of para-hydroxylation sites is 2. The molecule has 0 radical (unpaired) electrons. The SMILES string of the molecule is O=N[S+](C[C@H](Nc1nc2ccccc2o1)c1nn[nH]n1)N=O. The Morgan fingerprint density at radius 2 is 2.14 bits per heavy atom. The second-order valence-electron chi connectivity index (χ2n) is 4.11. The van der Waals surface area contributed by atoms with Crippen molar-refractivity contribution in [1.82, 2.24) is 25.6 Å². The van der Waals surface area contributed by atoms with E-state index in [1.807, 2.05) is 12.1 Å². The summed E-state index contributed by atoms with van der Waals surface area (Å²) in [5, 5.41) is 16.3. The number of tetrazole rings is 1. The summed E-state index contributed by atoms with van der Waals surface area (Å²) in [5.41, 5.74) is 1.26. The summed E-state index contributed by atoms with van der Waals surface area (Å²) >= 11 is -1.56. The summed E-state index contributed by atoms with van der Waals surface area (Å²) in [4.78, 5) is 25.4. The van der Waals surface area contributed by atoms with Crippen LogP contribution in [0.15, 0.2) is 37.8 Å². The van der Waals surface area contributed by atoms with E-state index < -0.39 is 17.3 Å². The summed E-state index contributed by atoms with van der Waals surface area (Å²) in [5.74, 6) is 0.220. The van der Waals surface area contributed by atoms with Crippen molar-refractivity contribution in [1.29, 1.82) is 0 Å². The molecule has 2 heterocycles. The van der Waals surface area contributed by atoms with Crippen molar-refractivity contribution in [2.75, 3.05) is 11.1 Å². The number of fused-ring (bicyclic) bond motifs is 1. The molecule has 0 amide bonds. The highest BCUT2D eigenvalue weighted by Gasteiger charge is 2.33. The molecule has 0 bridgehead atoms. The summed E-state index contributed by atoms with van der Waals surface area (Å²) in [6.07, 6.45) is 0. The molecule has 3 aromatic rings. The average Bonchev–Trinajstić information content (AvgIpc) is 3.19. The number of hydrogen-bond donors (Lipinski definition) is 2. The molecule has 2 N–H and O–H groups in total. The molecular weight excluding hydrogens is 312 g/mol. The van der Waals surface area contributed by atoms with Gasteiger partial charge in [-0.3, -0.25) is 0 Å². The van der Waals surface area contributed by atoms with Crippen LogP contribution in [0.1, 0.15) is 11.9 Å². The Kier molecular flexibility index (Phi) is 4.00. The van der Waals surface area contributed by atoms with Gasteiger partial charge < -0.3 is 9.73 Å². The number of benzene rings is 1. The van der Waals surface area contributed by atoms with E-state index in [2.05, 4.69) is 40.1 Å². The highest BCUT2D eigenvalue weighted by atomic mass is 32.2. The van der Waals surface area contributed by atoms with Gasteiger partial charge in [-0.25, -0.2) is 0 Å². The van der Waals surface area contributed by atoms with Crippen molar-refractivity contribution < 1.29 is 4.42 Å². The van der Waals surface area contributed by atoms with Crippen molar-refractivity contribution in [3.8, 4) is 0 Å². The third kappa shape index (κ3) is 2.90. The van der Waals surface area contributed by atoms with Gasteiger partial charge in [-0.2, -0.15) is 10.2 Å². The molecule has 0 aliphatic rings. The number of H-pyrrole nitrogens is 1. The Labute approximate surface area is 125 Å². The number of hydrogen-bond acceptors (Lipinski definition) is 10. The molecule has 3 rings (SSSR count). The van der Waals surface area contributed by atoms with Crippen LogP contribution in [0.4, 0.5) is 6.01 Å². The molecule has 0 aliphatic carbocycles. The number of aromatic nitrogens is 5. The van der Waals surface area contributed by atoms with Gasteiger partial charge in [0.15, 0.2) is 11.3 Å². The van der Waals surface area contributed by atoms with Crippen LogP contribution in [0.25, 0.3) is 11.1 Å². The Hall–Kier alpha value is -2.89. The third-order valence-electron chi connectivity index (χ3n) is 2.75. The number of nitrogens with one attached hydrogen (secondary N) is 2. The van der Waals surface area contributed by atoms with Gasteiger partial charge in [0, 0.05) is 0 Å². The molecular formula is C10H9N8O3S+. The first-order chi connectivity index (χ1) is 10.8. The highest BCUT2D eigenvalue weighted by molar-refractivity contribution is 7.94. The molecule has 0 fully saturated rings. The van der Waals surface area contributed by atoms with Gasteiger partial charge in [0.25, 0.3) is 6.01 Å². The minimum absolute atomic E-state index is 0.0226. The molecule has 112 valence electrons. The van der Waals surface area contributed by atoms with E-state index in [-0.39, 0.29) is 17.6 Å². The van der Waals surface area contributed by atoms with Crippen LogP contribution >= 0.6 is 0 Å². The molecule has 22 heavy (non-hydrogen) atoms. The van der Waals surface area contributed by atoms with Crippen LogP contribution in [0.3, 0.4) is 0 Å². The van der Waals surface area contributed by atoms with Crippen molar-refractivity contribution in [3.63, 3.8) is 0 Å². The number of nitroso groups, excluding NO2 is 2. The molecule has 1 atom stereocenters. The zero-order valence-electron chi connectivity index (χ0n) is 10.9. The first kappa shape index (κ1) is 14.1. The largest absolute Gasteiger partial charge is 0.424 e. The lowest BCUT2D eigenvalue weighted by atomic mass is 10.3. The normalized spacial score (nSPS) is 12.4. The molecule has 0 spiro atoms. The van der Waals surface area contributed by atoms with E-state index in [0.29, 0.717) is 11.1 Å². The van der Waals surface area contributed by atoms with Crippen LogP contribution in [0.5, 0.6) is 0 Å². The standard InChI is InChI=1S/C10H9N8O3S/c19-17-22(18-20)5-7(9-13-15-16-14-9)12-10-11-6-3-1-2-4-8(6)21-10/h1-4,7H,5H2,(H,11,12)(H,13,14,15,16)/q+1/t7-/m0/s1. The van der Waals surface area contributed by atoms with E-state index >= 15 is 0 Å². The molecule has 0 saturated carbocycles. The molecule has 0 aliphatic heterocycles. The summed E-state index contributed by atoms with van der Waals surface area (Å²) in [6.45, 7) is 0. The van der Waals surface area contributed by atoms with Crippen molar-refractivity contribution in [2.24, 2.45) is 9.16 Å². The average molecular weight is 321 g/mol. The maximum atomic E-state index is 10.6. The molecule has 2 aromatic heterocycles. The van der Waals surface area contributed by atoms with Crippen molar-refractivity contribution >= 4 is 28.4 Å². The lowest BCUT2D eigenvalue weighted by Crippen LogP contribution is -2.20. The fourth-order valence-corrected chi connectivity index (χ4v) is 2.48. The van der Waals surface area contributed by atoms with E-state index in [1.165, 1.54) is 0 Å². The minimum atomic E-state index is -1.56. The topological polar surface area (TPSA) is 151 Å². The van der Waals surface area contributed by atoms with E-state index in [4.69, 9.17) is 4.42 Å². The van der Waals surface area contributed by atoms with Gasteiger partial charge >= 0.3 is 11.3 Å². The Bertz CT molecular complexity index is 734. The van der Waals surface area contributed by atoms with Crippen molar-refractivity contribution in [2.45, 2.75) is 6.04 Å². The number of rotatable bonds is 7. The van der Waals surface area contributed by atoms with Crippen LogP contribution in [-0.4, -0.2) is 31.4 Å². The van der Waals surface area contributed by atoms with Gasteiger partial charge in [0.2, 0.25) is 15.0 Å². The summed E-state index contributed by atoms with van der Waals surface area (Å²) in [7, 11) is 0. The highest BCUT2D eigenvalue weighted by Crippen LogP contribution is 2.23. The van der Waals surface area contributed by atoms with Crippen LogP contribution in [-0.2, 0) is 11.3 Å². The molecule has 12 heteroatoms. The number of nitrogens with zero attached hydrogens (tertiary/aromatic N) is 6. The van der Waals surface area contributed by atoms with Gasteiger partial charge in [-0.1, -0.05) is 27.2 Å². The summed E-state index contributed by atoms with van der Waals surface area (Å²) in [6, 6.07) is 6.76. The maximum Gasteiger partial charge on any atom is 0.360 e. The van der Waals surface area contributed by atoms with E-state index in [0.717, 1.165) is 0 Å². The van der Waals surface area contributed by atoms with Crippen LogP contribution in [0.2, 0.25) is 0 Å². The molecule has 0 unspecified atom stereocenters. The lowest BCUT2D eigenvalue weighted by Gasteiger charge is -2.08. The second kappa shape index (κ2) is 6.26. The lowest BCUT2D eigenvalue weighted by molar-refractivity contribution is 0.600. The Balaban J connectivity index is 1.85. The minimum Gasteiger partial charge on any atom is -0.424 e. The van der Waals surface area contributed by atoms with Crippen LogP contribution < -0.4 is 5.32 Å². The third-order valence-corrected chi connectivity index (χ3v) is 3.73. The van der Waals surface area contributed by atoms with Gasteiger partial charge in [-0.05, 0) is 12.1 Å². The maximum absolute atomic E-state index is 10.6. The number of anilines is 1. The zero-order valence-corrected chi connectivity index (χ0v) is 11.7. The molecule has 1 aromatic carbocycles. The van der Waals surface area contributed by atoms with E-state index in [9.17, 15) is 9.81 Å². The Morgan fingerprint density at radius 1 is 1.32 bits per heavy atom. The predicted molar refractivity (Wildman–Crippen MR) is 78.4 cm³/mol. The fraction of sp³-hybridized carbons (Fsp3) is 0.200. The van der Waals surface area contributed by atoms with Gasteiger partial charge in [0.05, 0.1) is 0 Å². The monoisotopic (exact) mass is 321 g/mol. The number of aromatic amines is 1. The van der Waals surface area contributed by atoms with E-state index in [1.54, 1.807) is 12.1 Å². The second-order valence-corrected chi connectivity index (χ2v) is 5.42.